The first-order valence-corrected chi connectivity index (χ1v) is 7.75. The number of nitrogens with zero attached hydrogens (tertiary/aromatic N) is 1. The normalized spacial score (nSPS) is 10.7. The lowest BCUT2D eigenvalue weighted by atomic mass is 10.2. The average molecular weight is 310 g/mol. The summed E-state index contributed by atoms with van der Waals surface area (Å²) in [6, 6.07) is 14.5. The monoisotopic (exact) mass is 310 g/mol. The van der Waals surface area contributed by atoms with Crippen LogP contribution in [-0.4, -0.2) is 24.1 Å². The van der Waals surface area contributed by atoms with Gasteiger partial charge in [0, 0.05) is 30.5 Å². The fourth-order valence-corrected chi connectivity index (χ4v) is 2.29. The van der Waals surface area contributed by atoms with E-state index < -0.39 is 0 Å². The van der Waals surface area contributed by atoms with E-state index in [4.69, 9.17) is 0 Å². The molecular weight excluding hydrogens is 288 g/mol. The molecule has 2 aromatic carbocycles. The molecular formula is C19H22N2O2. The molecule has 4 heteroatoms. The predicted molar refractivity (Wildman–Crippen MR) is 95.8 cm³/mol. The van der Waals surface area contributed by atoms with Crippen LogP contribution in [0, 0.1) is 0 Å². The van der Waals surface area contributed by atoms with Crippen molar-refractivity contribution in [3.8, 4) is 5.75 Å². The maximum absolute atomic E-state index is 11.9. The lowest BCUT2D eigenvalue weighted by molar-refractivity contribution is -0.111. The number of anilines is 2. The molecule has 0 saturated carbocycles. The van der Waals surface area contributed by atoms with Gasteiger partial charge in [0.15, 0.2) is 0 Å². The largest absolute Gasteiger partial charge is 0.508 e. The van der Waals surface area contributed by atoms with Gasteiger partial charge in [-0.15, -0.1) is 0 Å². The van der Waals surface area contributed by atoms with Crippen LogP contribution in [0.15, 0.2) is 54.6 Å². The Morgan fingerprint density at radius 1 is 1.04 bits per heavy atom. The highest BCUT2D eigenvalue weighted by atomic mass is 16.3. The number of aromatic hydroxyl groups is 1. The van der Waals surface area contributed by atoms with Gasteiger partial charge >= 0.3 is 0 Å². The highest BCUT2D eigenvalue weighted by Gasteiger charge is 2.02. The Morgan fingerprint density at radius 3 is 2.22 bits per heavy atom. The molecule has 2 rings (SSSR count). The van der Waals surface area contributed by atoms with Gasteiger partial charge in [-0.05, 0) is 61.9 Å². The van der Waals surface area contributed by atoms with E-state index >= 15 is 0 Å². The number of amides is 1. The first-order chi connectivity index (χ1) is 11.1. The Hall–Kier alpha value is -2.75. The van der Waals surface area contributed by atoms with Crippen molar-refractivity contribution >= 4 is 23.4 Å². The van der Waals surface area contributed by atoms with E-state index in [1.807, 2.05) is 24.3 Å². The van der Waals surface area contributed by atoms with E-state index in [9.17, 15) is 9.90 Å². The second kappa shape index (κ2) is 8.03. The second-order valence-electron chi connectivity index (χ2n) is 5.13. The smallest absolute Gasteiger partial charge is 0.248 e. The Labute approximate surface area is 137 Å². The van der Waals surface area contributed by atoms with Crippen molar-refractivity contribution in [1.82, 2.24) is 0 Å². The molecule has 0 heterocycles. The molecule has 0 aliphatic carbocycles. The average Bonchev–Trinajstić information content (AvgIpc) is 2.57. The number of benzene rings is 2. The topological polar surface area (TPSA) is 52.6 Å². The van der Waals surface area contributed by atoms with Crippen LogP contribution in [0.2, 0.25) is 0 Å². The quantitative estimate of drug-likeness (QED) is 0.796. The van der Waals surface area contributed by atoms with E-state index in [1.54, 1.807) is 30.3 Å². The minimum atomic E-state index is -0.186. The van der Waals surface area contributed by atoms with Crippen LogP contribution in [-0.2, 0) is 4.79 Å². The molecule has 0 fully saturated rings. The van der Waals surface area contributed by atoms with Crippen LogP contribution in [0.1, 0.15) is 19.4 Å². The summed E-state index contributed by atoms with van der Waals surface area (Å²) in [5.41, 5.74) is 2.77. The van der Waals surface area contributed by atoms with Gasteiger partial charge < -0.3 is 15.3 Å². The minimum absolute atomic E-state index is 0.186. The SMILES string of the molecule is CCN(CC)c1ccc(NC(=O)/C=C/c2ccc(O)cc2)cc1. The molecule has 0 aromatic heterocycles. The van der Waals surface area contributed by atoms with Crippen LogP contribution >= 0.6 is 0 Å². The molecule has 0 bridgehead atoms. The molecule has 0 unspecified atom stereocenters. The van der Waals surface area contributed by atoms with Crippen LogP contribution in [0.3, 0.4) is 0 Å². The zero-order valence-electron chi connectivity index (χ0n) is 13.5. The van der Waals surface area contributed by atoms with Gasteiger partial charge in [-0.2, -0.15) is 0 Å². The number of carbonyl (C=O) groups excluding carboxylic acids is 1. The number of hydrogen-bond acceptors (Lipinski definition) is 3. The number of rotatable bonds is 6. The fraction of sp³-hybridized carbons (Fsp3) is 0.211. The first kappa shape index (κ1) is 16.6. The molecule has 2 N–H and O–H groups in total. The molecule has 23 heavy (non-hydrogen) atoms. The van der Waals surface area contributed by atoms with Gasteiger partial charge in [-0.3, -0.25) is 4.79 Å². The van der Waals surface area contributed by atoms with Gasteiger partial charge in [-0.1, -0.05) is 12.1 Å². The van der Waals surface area contributed by atoms with Gasteiger partial charge in [0.25, 0.3) is 0 Å². The third-order valence-corrected chi connectivity index (χ3v) is 3.58. The van der Waals surface area contributed by atoms with Crippen LogP contribution in [0.4, 0.5) is 11.4 Å². The summed E-state index contributed by atoms with van der Waals surface area (Å²) in [6.45, 7) is 6.15. The Morgan fingerprint density at radius 2 is 1.65 bits per heavy atom. The van der Waals surface area contributed by atoms with Crippen molar-refractivity contribution in [2.24, 2.45) is 0 Å². The number of hydrogen-bond donors (Lipinski definition) is 2. The maximum atomic E-state index is 11.9. The van der Waals surface area contributed by atoms with Crippen molar-refractivity contribution in [1.29, 1.82) is 0 Å². The highest BCUT2D eigenvalue weighted by molar-refractivity contribution is 6.02. The van der Waals surface area contributed by atoms with E-state index in [2.05, 4.69) is 24.1 Å². The molecule has 2 aromatic rings. The first-order valence-electron chi connectivity index (χ1n) is 7.75. The summed E-state index contributed by atoms with van der Waals surface area (Å²) in [6.07, 6.45) is 3.18. The van der Waals surface area contributed by atoms with Gasteiger partial charge in [-0.25, -0.2) is 0 Å². The maximum Gasteiger partial charge on any atom is 0.248 e. The van der Waals surface area contributed by atoms with Crippen molar-refractivity contribution in [2.75, 3.05) is 23.3 Å². The molecule has 0 atom stereocenters. The van der Waals surface area contributed by atoms with E-state index in [1.165, 1.54) is 6.08 Å². The Balaban J connectivity index is 1.96. The standard InChI is InChI=1S/C19H22N2O2/c1-3-21(4-2)17-10-8-16(9-11-17)20-19(23)14-7-15-5-12-18(22)13-6-15/h5-14,22H,3-4H2,1-2H3,(H,20,23)/b14-7+. The molecule has 0 radical (unpaired) electrons. The third-order valence-electron chi connectivity index (χ3n) is 3.58. The number of phenolic OH excluding ortho intramolecular Hbond substituents is 1. The van der Waals surface area contributed by atoms with Crippen molar-refractivity contribution < 1.29 is 9.90 Å². The lowest BCUT2D eigenvalue weighted by Gasteiger charge is -2.21. The lowest BCUT2D eigenvalue weighted by Crippen LogP contribution is -2.21. The highest BCUT2D eigenvalue weighted by Crippen LogP contribution is 2.18. The van der Waals surface area contributed by atoms with Crippen LogP contribution < -0.4 is 10.2 Å². The zero-order chi connectivity index (χ0) is 16.7. The minimum Gasteiger partial charge on any atom is -0.508 e. The zero-order valence-corrected chi connectivity index (χ0v) is 13.5. The van der Waals surface area contributed by atoms with E-state index in [-0.39, 0.29) is 11.7 Å². The molecule has 0 spiro atoms. The molecule has 1 amide bonds. The molecule has 0 aliphatic heterocycles. The third kappa shape index (κ3) is 4.88. The van der Waals surface area contributed by atoms with Crippen molar-refractivity contribution in [2.45, 2.75) is 13.8 Å². The number of nitrogens with one attached hydrogen (secondary N) is 1. The van der Waals surface area contributed by atoms with Gasteiger partial charge in [0.1, 0.15) is 5.75 Å². The Bertz CT molecular complexity index is 657. The van der Waals surface area contributed by atoms with Crippen LogP contribution in [0.5, 0.6) is 5.75 Å². The number of phenols is 1. The predicted octanol–water partition coefficient (Wildman–Crippen LogP) is 3.89. The van der Waals surface area contributed by atoms with Crippen molar-refractivity contribution in [3.63, 3.8) is 0 Å². The van der Waals surface area contributed by atoms with Crippen LogP contribution in [0.25, 0.3) is 6.08 Å². The summed E-state index contributed by atoms with van der Waals surface area (Å²) in [7, 11) is 0. The molecule has 4 nitrogen and oxygen atoms in total. The summed E-state index contributed by atoms with van der Waals surface area (Å²) in [5, 5.41) is 12.1. The second-order valence-corrected chi connectivity index (χ2v) is 5.13. The molecule has 0 aliphatic rings. The van der Waals surface area contributed by atoms with Crippen molar-refractivity contribution in [3.05, 3.63) is 60.2 Å². The summed E-state index contributed by atoms with van der Waals surface area (Å²) in [4.78, 5) is 14.2. The summed E-state index contributed by atoms with van der Waals surface area (Å²) >= 11 is 0. The van der Waals surface area contributed by atoms with E-state index in [0.717, 1.165) is 30.0 Å². The Kier molecular flexibility index (Phi) is 5.80. The van der Waals surface area contributed by atoms with Gasteiger partial charge in [0.05, 0.1) is 0 Å². The molecule has 120 valence electrons. The van der Waals surface area contributed by atoms with Gasteiger partial charge in [0.2, 0.25) is 5.91 Å². The summed E-state index contributed by atoms with van der Waals surface area (Å²) < 4.78 is 0. The fourth-order valence-electron chi connectivity index (χ4n) is 2.29. The van der Waals surface area contributed by atoms with E-state index in [0.29, 0.717) is 0 Å². The number of carbonyl (C=O) groups is 1. The molecule has 0 saturated heterocycles. The summed E-state index contributed by atoms with van der Waals surface area (Å²) in [5.74, 6) is 0.0218.